The van der Waals surface area contributed by atoms with Crippen molar-refractivity contribution in [1.29, 1.82) is 0 Å². The minimum Gasteiger partial charge on any atom is -0.211 e. The summed E-state index contributed by atoms with van der Waals surface area (Å²) in [6, 6.07) is 3.96. The van der Waals surface area contributed by atoms with E-state index in [-0.39, 0.29) is 4.90 Å². The number of hydrogen-bond donors (Lipinski definition) is 1. The number of benzene rings is 1. The summed E-state index contributed by atoms with van der Waals surface area (Å²) < 4.78 is 40.6. The number of rotatable bonds is 6. The second kappa shape index (κ2) is 7.00. The summed E-state index contributed by atoms with van der Waals surface area (Å²) in [6.07, 6.45) is 6.95. The van der Waals surface area contributed by atoms with Crippen molar-refractivity contribution in [3.8, 4) is 0 Å². The molecular weight excluding hydrogens is 345 g/mol. The Morgan fingerprint density at radius 3 is 2.65 bits per heavy atom. The molecule has 3 nitrogen and oxygen atoms in total. The van der Waals surface area contributed by atoms with E-state index < -0.39 is 15.8 Å². The number of nitrogens with one attached hydrogen (secondary N) is 1. The molecule has 6 heteroatoms. The van der Waals surface area contributed by atoms with Gasteiger partial charge in [-0.2, -0.15) is 0 Å². The van der Waals surface area contributed by atoms with E-state index in [0.29, 0.717) is 11.0 Å². The highest BCUT2D eigenvalue weighted by Gasteiger charge is 2.19. The van der Waals surface area contributed by atoms with E-state index in [1.807, 2.05) is 0 Å². The summed E-state index contributed by atoms with van der Waals surface area (Å²) in [5.41, 5.74) is 0. The lowest BCUT2D eigenvalue weighted by molar-refractivity contribution is 0.480. The van der Waals surface area contributed by atoms with Crippen molar-refractivity contribution in [3.63, 3.8) is 0 Å². The molecule has 0 saturated heterocycles. The van der Waals surface area contributed by atoms with Crippen LogP contribution in [-0.2, 0) is 10.0 Å². The van der Waals surface area contributed by atoms with Crippen LogP contribution in [0.5, 0.6) is 0 Å². The van der Waals surface area contributed by atoms with Crippen LogP contribution in [0.1, 0.15) is 38.5 Å². The van der Waals surface area contributed by atoms with E-state index in [1.165, 1.54) is 37.8 Å². The molecule has 0 atom stereocenters. The van der Waals surface area contributed by atoms with Crippen molar-refractivity contribution in [1.82, 2.24) is 4.72 Å². The highest BCUT2D eigenvalue weighted by atomic mass is 79.9. The van der Waals surface area contributed by atoms with Crippen molar-refractivity contribution >= 4 is 26.0 Å². The van der Waals surface area contributed by atoms with Gasteiger partial charge in [0.1, 0.15) is 10.7 Å². The first-order valence-corrected chi connectivity index (χ1v) is 9.21. The Labute approximate surface area is 128 Å². The molecule has 0 radical (unpaired) electrons. The van der Waals surface area contributed by atoms with E-state index in [0.717, 1.165) is 24.8 Å². The summed E-state index contributed by atoms with van der Waals surface area (Å²) in [4.78, 5) is -0.290. The van der Waals surface area contributed by atoms with Crippen molar-refractivity contribution in [2.24, 2.45) is 5.92 Å². The Morgan fingerprint density at radius 1 is 1.30 bits per heavy atom. The molecule has 0 spiro atoms. The van der Waals surface area contributed by atoms with Gasteiger partial charge in [-0.25, -0.2) is 17.5 Å². The minimum absolute atomic E-state index is 0.290. The van der Waals surface area contributed by atoms with Gasteiger partial charge in [0.25, 0.3) is 0 Å². The topological polar surface area (TPSA) is 46.2 Å². The normalized spacial score (nSPS) is 16.7. The van der Waals surface area contributed by atoms with Gasteiger partial charge < -0.3 is 0 Å². The molecule has 0 amide bonds. The molecule has 0 bridgehead atoms. The van der Waals surface area contributed by atoms with Crippen LogP contribution in [-0.4, -0.2) is 15.0 Å². The van der Waals surface area contributed by atoms with Crippen LogP contribution < -0.4 is 4.72 Å². The molecule has 1 saturated carbocycles. The van der Waals surface area contributed by atoms with E-state index in [9.17, 15) is 12.8 Å². The smallest absolute Gasteiger partial charge is 0.211 e. The predicted molar refractivity (Wildman–Crippen MR) is 80.5 cm³/mol. The van der Waals surface area contributed by atoms with Crippen LogP contribution in [0.15, 0.2) is 27.6 Å². The quantitative estimate of drug-likeness (QED) is 0.780. The molecule has 1 fully saturated rings. The summed E-state index contributed by atoms with van der Waals surface area (Å²) in [5.74, 6) is 0.00610. The van der Waals surface area contributed by atoms with Gasteiger partial charge in [0, 0.05) is 11.0 Å². The number of hydrogen-bond acceptors (Lipinski definition) is 2. The van der Waals surface area contributed by atoms with Gasteiger partial charge in [-0.1, -0.05) is 41.6 Å². The molecule has 2 rings (SSSR count). The molecule has 1 N–H and O–H groups in total. The number of halogens is 2. The summed E-state index contributed by atoms with van der Waals surface area (Å²) >= 11 is 3.11. The molecule has 0 aromatic heterocycles. The zero-order valence-corrected chi connectivity index (χ0v) is 13.6. The predicted octanol–water partition coefficient (Wildman–Crippen LogP) is 3.84. The van der Waals surface area contributed by atoms with Crippen LogP contribution >= 0.6 is 15.9 Å². The second-order valence-corrected chi connectivity index (χ2v) is 7.92. The maximum atomic E-state index is 13.7. The van der Waals surface area contributed by atoms with Gasteiger partial charge in [-0.05, 0) is 37.0 Å². The lowest BCUT2D eigenvalue weighted by atomic mass is 10.0. The van der Waals surface area contributed by atoms with Gasteiger partial charge in [-0.15, -0.1) is 0 Å². The molecule has 0 heterocycles. The maximum Gasteiger partial charge on any atom is 0.243 e. The van der Waals surface area contributed by atoms with Crippen LogP contribution in [0.4, 0.5) is 4.39 Å². The fraction of sp³-hybridized carbons (Fsp3) is 0.571. The molecule has 112 valence electrons. The van der Waals surface area contributed by atoms with Crippen molar-refractivity contribution in [2.45, 2.75) is 43.4 Å². The summed E-state index contributed by atoms with van der Waals surface area (Å²) in [7, 11) is -3.75. The first-order chi connectivity index (χ1) is 9.49. The highest BCUT2D eigenvalue weighted by molar-refractivity contribution is 9.10. The molecule has 0 aliphatic heterocycles. The molecule has 20 heavy (non-hydrogen) atoms. The zero-order chi connectivity index (χ0) is 14.6. The van der Waals surface area contributed by atoms with Crippen molar-refractivity contribution < 1.29 is 12.8 Å². The second-order valence-electron chi connectivity index (χ2n) is 5.27. The Morgan fingerprint density at radius 2 is 2.00 bits per heavy atom. The summed E-state index contributed by atoms with van der Waals surface area (Å²) in [6.45, 7) is 0.369. The van der Waals surface area contributed by atoms with Gasteiger partial charge in [0.2, 0.25) is 10.0 Å². The van der Waals surface area contributed by atoms with Gasteiger partial charge in [-0.3, -0.25) is 0 Å². The monoisotopic (exact) mass is 363 g/mol. The van der Waals surface area contributed by atoms with Gasteiger partial charge >= 0.3 is 0 Å². The minimum atomic E-state index is -3.75. The van der Waals surface area contributed by atoms with Crippen molar-refractivity contribution in [2.75, 3.05) is 6.54 Å². The average Bonchev–Trinajstić information content (AvgIpc) is 2.87. The lowest BCUT2D eigenvalue weighted by Crippen LogP contribution is -2.26. The molecule has 0 unspecified atom stereocenters. The first kappa shape index (κ1) is 15.9. The molecule has 1 aromatic rings. The first-order valence-electron chi connectivity index (χ1n) is 6.94. The van der Waals surface area contributed by atoms with Crippen LogP contribution in [0, 0.1) is 11.7 Å². The molecule has 1 aliphatic carbocycles. The van der Waals surface area contributed by atoms with E-state index >= 15 is 0 Å². The summed E-state index contributed by atoms with van der Waals surface area (Å²) in [5, 5.41) is 0. The van der Waals surface area contributed by atoms with Gasteiger partial charge in [0.05, 0.1) is 0 Å². The Bertz CT molecular complexity index is 556. The largest absolute Gasteiger partial charge is 0.243 e. The average molecular weight is 364 g/mol. The third-order valence-corrected chi connectivity index (χ3v) is 5.73. The van der Waals surface area contributed by atoms with E-state index in [1.54, 1.807) is 0 Å². The Balaban J connectivity index is 1.87. The van der Waals surface area contributed by atoms with E-state index in [4.69, 9.17) is 0 Å². The molecular formula is C14H19BrFNO2S. The third kappa shape index (κ3) is 4.27. The van der Waals surface area contributed by atoms with Gasteiger partial charge in [0.15, 0.2) is 0 Å². The van der Waals surface area contributed by atoms with Crippen LogP contribution in [0.3, 0.4) is 0 Å². The van der Waals surface area contributed by atoms with Crippen molar-refractivity contribution in [3.05, 3.63) is 28.5 Å². The van der Waals surface area contributed by atoms with E-state index in [2.05, 4.69) is 20.7 Å². The zero-order valence-electron chi connectivity index (χ0n) is 11.2. The number of sulfonamides is 1. The SMILES string of the molecule is O=S(=O)(NCCCC1CCCC1)c1ccc(Br)cc1F. The Kier molecular flexibility index (Phi) is 5.57. The molecule has 1 aromatic carbocycles. The fourth-order valence-corrected chi connectivity index (χ4v) is 4.13. The molecule has 1 aliphatic rings. The Hall–Kier alpha value is -0.460. The highest BCUT2D eigenvalue weighted by Crippen LogP contribution is 2.28. The maximum absolute atomic E-state index is 13.7. The van der Waals surface area contributed by atoms with Crippen LogP contribution in [0.2, 0.25) is 0 Å². The lowest BCUT2D eigenvalue weighted by Gasteiger charge is -2.10. The third-order valence-electron chi connectivity index (χ3n) is 3.74. The fourth-order valence-electron chi connectivity index (χ4n) is 2.67. The standard InChI is InChI=1S/C14H19BrFNO2S/c15-12-7-8-14(13(16)10-12)20(18,19)17-9-3-6-11-4-1-2-5-11/h7-8,10-11,17H,1-6,9H2. The van der Waals surface area contributed by atoms with Crippen LogP contribution in [0.25, 0.3) is 0 Å².